The number of aromatic nitrogens is 3. The molecule has 0 aliphatic rings. The van der Waals surface area contributed by atoms with E-state index in [0.717, 1.165) is 11.1 Å². The van der Waals surface area contributed by atoms with Gasteiger partial charge in [0.25, 0.3) is 0 Å². The summed E-state index contributed by atoms with van der Waals surface area (Å²) < 4.78 is 13.4. The van der Waals surface area contributed by atoms with E-state index in [1.54, 1.807) is 0 Å². The zero-order valence-corrected chi connectivity index (χ0v) is 22.0. The highest BCUT2D eigenvalue weighted by atomic mass is 123. The maximum Gasteiger partial charge on any atom is 0.149 e. The van der Waals surface area contributed by atoms with Gasteiger partial charge in [-0.2, -0.15) is 0 Å². The van der Waals surface area contributed by atoms with Crippen LogP contribution in [0.15, 0.2) is 48.5 Å². The number of rotatable bonds is 12. The molecular weight excluding hydrogens is 569 g/mol. The van der Waals surface area contributed by atoms with E-state index in [0.29, 0.717) is 20.9 Å². The van der Waals surface area contributed by atoms with Gasteiger partial charge in [-0.1, -0.05) is 43.3 Å². The van der Waals surface area contributed by atoms with E-state index in [-0.39, 0.29) is 37.7 Å². The van der Waals surface area contributed by atoms with E-state index >= 15 is 0 Å². The van der Waals surface area contributed by atoms with Crippen LogP contribution in [0.5, 0.6) is 11.5 Å². The average molecular weight is 598 g/mol. The van der Waals surface area contributed by atoms with Gasteiger partial charge in [-0.25, -0.2) is 4.68 Å². The summed E-state index contributed by atoms with van der Waals surface area (Å²) in [5, 5.41) is 37.1. The van der Waals surface area contributed by atoms with Crippen molar-refractivity contribution in [3.63, 3.8) is 0 Å². The molecule has 3 rings (SSSR count). The zero-order chi connectivity index (χ0) is 24.7. The third-order valence-electron chi connectivity index (χ3n) is 5.54. The van der Waals surface area contributed by atoms with Crippen LogP contribution in [0.2, 0.25) is 0 Å². The van der Waals surface area contributed by atoms with Gasteiger partial charge >= 0.3 is 0 Å². The predicted octanol–water partition coefficient (Wildman–Crippen LogP) is 3.12. The lowest BCUT2D eigenvalue weighted by Gasteiger charge is -2.26. The number of halogens is 2. The minimum absolute atomic E-state index is 0.0872. The second kappa shape index (κ2) is 12.2. The van der Waals surface area contributed by atoms with E-state index in [9.17, 15) is 15.3 Å². The SMILES string of the molecule is CC(C)(c1ccc(OCC(O)CCl)cc1)c1ccc(OCC(O)Cn2nnc([123I])c2CO)cc1. The van der Waals surface area contributed by atoms with Gasteiger partial charge in [0.15, 0.2) is 0 Å². The van der Waals surface area contributed by atoms with Crippen LogP contribution in [0, 0.1) is 3.70 Å². The highest BCUT2D eigenvalue weighted by Gasteiger charge is 2.23. The lowest BCUT2D eigenvalue weighted by Crippen LogP contribution is -2.25. The fourth-order valence-electron chi connectivity index (χ4n) is 3.39. The number of hydrogen-bond acceptors (Lipinski definition) is 7. The lowest BCUT2D eigenvalue weighted by atomic mass is 9.78. The van der Waals surface area contributed by atoms with Crippen LogP contribution in [-0.4, -0.2) is 61.6 Å². The van der Waals surface area contributed by atoms with E-state index in [1.807, 2.05) is 71.1 Å². The summed E-state index contributed by atoms with van der Waals surface area (Å²) in [5.74, 6) is 1.46. The Labute approximate surface area is 217 Å². The van der Waals surface area contributed by atoms with Crippen LogP contribution < -0.4 is 9.47 Å². The minimum atomic E-state index is -0.801. The van der Waals surface area contributed by atoms with Crippen LogP contribution in [0.3, 0.4) is 0 Å². The molecule has 2 aromatic carbocycles. The predicted molar refractivity (Wildman–Crippen MR) is 137 cm³/mol. The molecule has 2 atom stereocenters. The first-order valence-electron chi connectivity index (χ1n) is 10.8. The van der Waals surface area contributed by atoms with Crippen LogP contribution in [0.25, 0.3) is 0 Å². The molecule has 0 amide bonds. The number of alkyl halides is 1. The molecule has 3 aromatic rings. The van der Waals surface area contributed by atoms with E-state index in [4.69, 9.17) is 21.1 Å². The Balaban J connectivity index is 1.57. The van der Waals surface area contributed by atoms with Gasteiger partial charge in [0.2, 0.25) is 0 Å². The van der Waals surface area contributed by atoms with Crippen molar-refractivity contribution in [1.82, 2.24) is 15.0 Å². The molecule has 1 heterocycles. The molecule has 0 aliphatic heterocycles. The third kappa shape index (κ3) is 6.82. The van der Waals surface area contributed by atoms with Gasteiger partial charge in [0.05, 0.1) is 24.7 Å². The van der Waals surface area contributed by atoms with Crippen molar-refractivity contribution in [3.8, 4) is 11.5 Å². The number of aliphatic hydroxyl groups is 3. The second-order valence-corrected chi connectivity index (χ2v) is 9.76. The van der Waals surface area contributed by atoms with Crippen molar-refractivity contribution in [3.05, 3.63) is 69.1 Å². The Kier molecular flexibility index (Phi) is 9.55. The molecule has 184 valence electrons. The van der Waals surface area contributed by atoms with E-state index < -0.39 is 12.2 Å². The van der Waals surface area contributed by atoms with Crippen molar-refractivity contribution >= 4 is 34.2 Å². The largest absolute Gasteiger partial charge is 0.491 e. The second-order valence-electron chi connectivity index (χ2n) is 8.42. The summed E-state index contributed by atoms with van der Waals surface area (Å²) in [6.45, 7) is 4.51. The summed E-state index contributed by atoms with van der Waals surface area (Å²) in [7, 11) is 0. The number of aliphatic hydroxyl groups excluding tert-OH is 3. The van der Waals surface area contributed by atoms with Crippen molar-refractivity contribution in [2.24, 2.45) is 0 Å². The number of hydrogen-bond donors (Lipinski definition) is 3. The quantitative estimate of drug-likeness (QED) is 0.217. The summed E-state index contributed by atoms with van der Waals surface area (Å²) in [6, 6.07) is 15.6. The Bertz CT molecular complexity index is 1040. The molecule has 0 fully saturated rings. The third-order valence-corrected chi connectivity index (χ3v) is 6.73. The number of ether oxygens (including phenoxy) is 2. The first-order chi connectivity index (χ1) is 16.2. The molecular formula is C24H29ClIN3O5. The summed E-state index contributed by atoms with van der Waals surface area (Å²) in [4.78, 5) is 0. The van der Waals surface area contributed by atoms with Crippen molar-refractivity contribution < 1.29 is 24.8 Å². The van der Waals surface area contributed by atoms with Crippen LogP contribution >= 0.6 is 34.2 Å². The minimum Gasteiger partial charge on any atom is -0.491 e. The topological polar surface area (TPSA) is 110 Å². The Hall–Kier alpha value is -1.92. The molecule has 0 aliphatic carbocycles. The number of nitrogens with zero attached hydrogens (tertiary/aromatic N) is 3. The first-order valence-corrected chi connectivity index (χ1v) is 12.4. The van der Waals surface area contributed by atoms with E-state index in [1.165, 1.54) is 4.68 Å². The molecule has 0 radical (unpaired) electrons. The molecule has 1 aromatic heterocycles. The van der Waals surface area contributed by atoms with Gasteiger partial charge < -0.3 is 24.8 Å². The molecule has 0 saturated heterocycles. The van der Waals surface area contributed by atoms with Crippen LogP contribution in [-0.2, 0) is 18.6 Å². The normalized spacial score (nSPS) is 13.5. The smallest absolute Gasteiger partial charge is 0.149 e. The fraction of sp³-hybridized carbons (Fsp3) is 0.417. The number of benzene rings is 2. The van der Waals surface area contributed by atoms with Crippen molar-refractivity contribution in [2.75, 3.05) is 19.1 Å². The van der Waals surface area contributed by atoms with Crippen LogP contribution in [0.1, 0.15) is 30.7 Å². The molecule has 0 spiro atoms. The lowest BCUT2D eigenvalue weighted by molar-refractivity contribution is 0.0866. The standard InChI is InChI=1S/C24H29ClIN3O5/c1-24(2,16-3-7-20(8-4-16)33-14-18(31)11-25)17-5-9-21(10-6-17)34-15-19(32)12-29-22(13-30)23(26)27-28-29/h3-10,18-19,30-32H,11-15H2,1-2H3/i26-4. The molecule has 2 unspecified atom stereocenters. The van der Waals surface area contributed by atoms with Gasteiger partial charge in [-0.15, -0.1) is 16.7 Å². The van der Waals surface area contributed by atoms with Gasteiger partial charge in [0, 0.05) is 5.41 Å². The van der Waals surface area contributed by atoms with Crippen LogP contribution in [0.4, 0.5) is 0 Å². The molecule has 10 heteroatoms. The van der Waals surface area contributed by atoms with Gasteiger partial charge in [0.1, 0.15) is 40.6 Å². The highest BCUT2D eigenvalue weighted by Crippen LogP contribution is 2.33. The zero-order valence-electron chi connectivity index (χ0n) is 19.1. The highest BCUT2D eigenvalue weighted by molar-refractivity contribution is 14.1. The fourth-order valence-corrected chi connectivity index (χ4v) is 4.02. The Morgan fingerprint density at radius 3 is 1.91 bits per heavy atom. The van der Waals surface area contributed by atoms with Gasteiger partial charge in [-0.3, -0.25) is 0 Å². The van der Waals surface area contributed by atoms with Crippen molar-refractivity contribution in [2.45, 2.75) is 44.6 Å². The maximum atomic E-state index is 10.3. The Morgan fingerprint density at radius 2 is 1.44 bits per heavy atom. The summed E-state index contributed by atoms with van der Waals surface area (Å²) in [5.41, 5.74) is 2.54. The Morgan fingerprint density at radius 1 is 0.941 bits per heavy atom. The average Bonchev–Trinajstić information content (AvgIpc) is 3.20. The molecule has 34 heavy (non-hydrogen) atoms. The first kappa shape index (κ1) is 26.7. The van der Waals surface area contributed by atoms with Crippen molar-refractivity contribution in [1.29, 1.82) is 0 Å². The van der Waals surface area contributed by atoms with E-state index in [2.05, 4.69) is 24.2 Å². The maximum absolute atomic E-state index is 10.3. The monoisotopic (exact) mass is 597 g/mol. The van der Waals surface area contributed by atoms with Gasteiger partial charge in [-0.05, 0) is 58.0 Å². The molecule has 3 N–H and O–H groups in total. The molecule has 8 nitrogen and oxygen atoms in total. The molecule has 0 bridgehead atoms. The summed E-state index contributed by atoms with van der Waals surface area (Å²) in [6.07, 6.45) is -1.49. The molecule has 0 saturated carbocycles. The summed E-state index contributed by atoms with van der Waals surface area (Å²) >= 11 is 7.59.